The molecule has 0 amide bonds. The third-order valence-electron chi connectivity index (χ3n) is 5.64. The fourth-order valence-electron chi connectivity index (χ4n) is 4.14. The summed E-state index contributed by atoms with van der Waals surface area (Å²) in [6, 6.07) is 4.47. The van der Waals surface area contributed by atoms with Gasteiger partial charge in [-0.1, -0.05) is 11.6 Å². The van der Waals surface area contributed by atoms with Gasteiger partial charge >= 0.3 is 11.7 Å². The quantitative estimate of drug-likeness (QED) is 0.597. The highest BCUT2D eigenvalue weighted by Crippen LogP contribution is 2.31. The predicted octanol–water partition coefficient (Wildman–Crippen LogP) is 2.41. The molecule has 3 heterocycles. The normalized spacial score (nSPS) is 16.0. The van der Waals surface area contributed by atoms with E-state index in [1.165, 1.54) is 13.4 Å². The summed E-state index contributed by atoms with van der Waals surface area (Å²) in [5.41, 5.74) is 1.05. The highest BCUT2D eigenvalue weighted by atomic mass is 35.5. The topological polar surface area (TPSA) is 114 Å². The number of fused-ring (bicyclic) bond motifs is 1. The maximum Gasteiger partial charge on any atom is 0.331 e. The monoisotopic (exact) mass is 482 g/mol. The predicted molar refractivity (Wildman–Crippen MR) is 115 cm³/mol. The van der Waals surface area contributed by atoms with Crippen molar-refractivity contribution < 1.29 is 22.7 Å². The fourth-order valence-corrected chi connectivity index (χ4v) is 6.11. The minimum absolute atomic E-state index is 0.116. The number of halogens is 2. The zero-order valence-corrected chi connectivity index (χ0v) is 18.6. The van der Waals surface area contributed by atoms with Crippen LogP contribution in [0.15, 0.2) is 40.2 Å². The molecule has 9 nitrogen and oxygen atoms in total. The van der Waals surface area contributed by atoms with Gasteiger partial charge in [0.2, 0.25) is 10.0 Å². The number of pyridine rings is 1. The molecular formula is C20H20ClFN4O5S. The van der Waals surface area contributed by atoms with Crippen molar-refractivity contribution in [2.24, 2.45) is 0 Å². The Bertz CT molecular complexity index is 1380. The van der Waals surface area contributed by atoms with Crippen molar-refractivity contribution in [3.8, 4) is 0 Å². The number of carbonyl (C=O) groups is 1. The second kappa shape index (κ2) is 8.30. The van der Waals surface area contributed by atoms with Crippen LogP contribution in [0, 0.1) is 12.7 Å². The molecule has 0 saturated carbocycles. The van der Waals surface area contributed by atoms with Crippen molar-refractivity contribution in [3.05, 3.63) is 57.3 Å². The van der Waals surface area contributed by atoms with Gasteiger partial charge in [-0.15, -0.1) is 0 Å². The molecule has 1 aliphatic rings. The standard InChI is InChI=1S/C20H20ClFN4O5S/c1-12-4-7-23-19-18(12)25(11-17(27)28)20(29)26(19)14-5-8-24(9-6-14)32(30,31)16-3-2-13(22)10-15(16)21/h2-4,7,10,14H,5-6,8-9,11H2,1H3,(H,27,28). The van der Waals surface area contributed by atoms with E-state index in [9.17, 15) is 27.5 Å². The molecule has 12 heteroatoms. The van der Waals surface area contributed by atoms with Gasteiger partial charge in [-0.25, -0.2) is 22.6 Å². The van der Waals surface area contributed by atoms with Crippen LogP contribution in [-0.4, -0.2) is 51.0 Å². The molecule has 0 atom stereocenters. The summed E-state index contributed by atoms with van der Waals surface area (Å²) >= 11 is 5.95. The van der Waals surface area contributed by atoms with E-state index in [1.54, 1.807) is 19.2 Å². The summed E-state index contributed by atoms with van der Waals surface area (Å²) in [5.74, 6) is -1.78. The van der Waals surface area contributed by atoms with Gasteiger partial charge < -0.3 is 5.11 Å². The Labute approximate surface area is 187 Å². The van der Waals surface area contributed by atoms with Gasteiger partial charge in [-0.05, 0) is 49.6 Å². The Hall–Kier alpha value is -2.76. The lowest BCUT2D eigenvalue weighted by atomic mass is 10.1. The van der Waals surface area contributed by atoms with E-state index in [0.717, 1.165) is 23.8 Å². The van der Waals surface area contributed by atoms with Crippen LogP contribution in [-0.2, 0) is 21.4 Å². The first-order chi connectivity index (χ1) is 15.1. The van der Waals surface area contributed by atoms with Gasteiger partial charge in [0.05, 0.1) is 10.5 Å². The molecule has 1 aromatic carbocycles. The zero-order chi connectivity index (χ0) is 23.2. The lowest BCUT2D eigenvalue weighted by Crippen LogP contribution is -2.41. The number of aryl methyl sites for hydroxylation is 1. The molecule has 32 heavy (non-hydrogen) atoms. The van der Waals surface area contributed by atoms with Crippen molar-refractivity contribution in [1.29, 1.82) is 0 Å². The minimum atomic E-state index is -3.94. The maximum atomic E-state index is 13.3. The second-order valence-electron chi connectivity index (χ2n) is 7.64. The highest BCUT2D eigenvalue weighted by molar-refractivity contribution is 7.89. The molecule has 0 spiro atoms. The van der Waals surface area contributed by atoms with Crippen molar-refractivity contribution in [2.75, 3.05) is 13.1 Å². The Morgan fingerprint density at radius 2 is 1.97 bits per heavy atom. The molecule has 0 radical (unpaired) electrons. The van der Waals surface area contributed by atoms with E-state index in [0.29, 0.717) is 24.0 Å². The third kappa shape index (κ3) is 3.80. The first-order valence-corrected chi connectivity index (χ1v) is 11.7. The van der Waals surface area contributed by atoms with Gasteiger partial charge in [0.25, 0.3) is 0 Å². The molecule has 0 bridgehead atoms. The van der Waals surface area contributed by atoms with Crippen LogP contribution in [0.4, 0.5) is 4.39 Å². The summed E-state index contributed by atoms with van der Waals surface area (Å²) in [6.07, 6.45) is 2.19. The van der Waals surface area contributed by atoms with Gasteiger partial charge in [-0.3, -0.25) is 13.9 Å². The van der Waals surface area contributed by atoms with Crippen molar-refractivity contribution in [2.45, 2.75) is 37.2 Å². The number of carboxylic acid groups (broad SMARTS) is 1. The van der Waals surface area contributed by atoms with Crippen LogP contribution >= 0.6 is 11.6 Å². The molecule has 2 aromatic heterocycles. The summed E-state index contributed by atoms with van der Waals surface area (Å²) in [7, 11) is -3.94. The molecule has 0 unspecified atom stereocenters. The van der Waals surface area contributed by atoms with E-state index < -0.39 is 34.0 Å². The summed E-state index contributed by atoms with van der Waals surface area (Å²) in [6.45, 7) is 1.51. The van der Waals surface area contributed by atoms with Crippen molar-refractivity contribution in [3.63, 3.8) is 0 Å². The lowest BCUT2D eigenvalue weighted by molar-refractivity contribution is -0.137. The first kappa shape index (κ1) is 22.4. The van der Waals surface area contributed by atoms with E-state index in [2.05, 4.69) is 4.98 Å². The van der Waals surface area contributed by atoms with Crippen molar-refractivity contribution in [1.82, 2.24) is 18.4 Å². The number of imidazole rings is 1. The van der Waals surface area contributed by atoms with Crippen LogP contribution in [0.2, 0.25) is 5.02 Å². The van der Waals surface area contributed by atoms with Crippen molar-refractivity contribution >= 4 is 38.8 Å². The van der Waals surface area contributed by atoms with E-state index >= 15 is 0 Å². The summed E-state index contributed by atoms with van der Waals surface area (Å²) < 4.78 is 43.2. The average Bonchev–Trinajstić information content (AvgIpc) is 3.00. The molecule has 3 aromatic rings. The number of aliphatic carboxylic acids is 1. The zero-order valence-electron chi connectivity index (χ0n) is 17.0. The molecule has 0 aliphatic carbocycles. The van der Waals surface area contributed by atoms with Crippen LogP contribution in [0.1, 0.15) is 24.4 Å². The number of benzene rings is 1. The number of piperidine rings is 1. The number of sulfonamides is 1. The molecule has 1 saturated heterocycles. The second-order valence-corrected chi connectivity index (χ2v) is 9.96. The fraction of sp³-hybridized carbons (Fsp3) is 0.350. The number of rotatable bonds is 5. The lowest BCUT2D eigenvalue weighted by Gasteiger charge is -2.31. The van der Waals surface area contributed by atoms with Gasteiger partial charge in [0.15, 0.2) is 5.65 Å². The number of hydrogen-bond acceptors (Lipinski definition) is 5. The molecule has 1 aliphatic heterocycles. The van der Waals surface area contributed by atoms with Crippen LogP contribution in [0.25, 0.3) is 11.2 Å². The van der Waals surface area contributed by atoms with E-state index in [1.807, 2.05) is 0 Å². The number of nitrogens with zero attached hydrogens (tertiary/aromatic N) is 4. The smallest absolute Gasteiger partial charge is 0.331 e. The summed E-state index contributed by atoms with van der Waals surface area (Å²) in [5, 5.41) is 9.04. The van der Waals surface area contributed by atoms with E-state index in [4.69, 9.17) is 11.6 Å². The minimum Gasteiger partial charge on any atom is -0.480 e. The van der Waals surface area contributed by atoms with Gasteiger partial charge in [0.1, 0.15) is 17.3 Å². The molecule has 170 valence electrons. The molecule has 1 fully saturated rings. The van der Waals surface area contributed by atoms with Crippen LogP contribution < -0.4 is 5.69 Å². The SMILES string of the molecule is Cc1ccnc2c1n(CC(=O)O)c(=O)n2C1CCN(S(=O)(=O)c2ccc(F)cc2Cl)CC1. The summed E-state index contributed by atoms with van der Waals surface area (Å²) in [4.78, 5) is 28.5. The Balaban J connectivity index is 1.65. The largest absolute Gasteiger partial charge is 0.480 e. The Morgan fingerprint density at radius 3 is 2.59 bits per heavy atom. The molecular weight excluding hydrogens is 463 g/mol. The number of aromatic nitrogens is 3. The van der Waals surface area contributed by atoms with E-state index in [-0.39, 0.29) is 29.0 Å². The van der Waals surface area contributed by atoms with Gasteiger partial charge in [0, 0.05) is 25.3 Å². The van der Waals surface area contributed by atoms with Crippen LogP contribution in [0.3, 0.4) is 0 Å². The average molecular weight is 483 g/mol. The Kier molecular flexibility index (Phi) is 5.82. The molecule has 4 rings (SSSR count). The first-order valence-electron chi connectivity index (χ1n) is 9.84. The number of hydrogen-bond donors (Lipinski definition) is 1. The van der Waals surface area contributed by atoms with Crippen LogP contribution in [0.5, 0.6) is 0 Å². The molecule has 1 N–H and O–H groups in total. The van der Waals surface area contributed by atoms with Gasteiger partial charge in [-0.2, -0.15) is 4.31 Å². The highest BCUT2D eigenvalue weighted by Gasteiger charge is 2.33. The number of carboxylic acids is 1. The third-order valence-corrected chi connectivity index (χ3v) is 8.02. The Morgan fingerprint density at radius 1 is 1.28 bits per heavy atom. The maximum absolute atomic E-state index is 13.3.